The molecule has 0 saturated carbocycles. The molecule has 1 aromatic rings. The molecule has 0 bridgehead atoms. The number of thioether (sulfide) groups is 1. The molecule has 1 aromatic heterocycles. The summed E-state index contributed by atoms with van der Waals surface area (Å²) in [6.45, 7) is 2.14. The number of aryl methyl sites for hydroxylation is 1. The third-order valence-electron chi connectivity index (χ3n) is 1.10. The summed E-state index contributed by atoms with van der Waals surface area (Å²) < 4.78 is 5.26. The van der Waals surface area contributed by atoms with Gasteiger partial charge in [0.15, 0.2) is 4.34 Å². The van der Waals surface area contributed by atoms with Gasteiger partial charge in [-0.05, 0) is 24.2 Å². The van der Waals surface area contributed by atoms with Crippen LogP contribution in [0.1, 0.15) is 19.2 Å². The van der Waals surface area contributed by atoms with Crippen molar-refractivity contribution in [2.45, 2.75) is 24.1 Å². The average Bonchev–Trinajstić information content (AvgIpc) is 2.37. The molecular formula is C6H10N2S2. The summed E-state index contributed by atoms with van der Waals surface area (Å²) in [7, 11) is 0. The van der Waals surface area contributed by atoms with E-state index in [2.05, 4.69) is 16.3 Å². The van der Waals surface area contributed by atoms with E-state index in [9.17, 15) is 0 Å². The smallest absolute Gasteiger partial charge is 0.169 e. The standard InChI is InChI=1S/C6H10N2S2/c1-3-4-5-7-6(9-2)10-8-5/h3-4H2,1-2H3. The van der Waals surface area contributed by atoms with Crippen LogP contribution in [0.25, 0.3) is 0 Å². The lowest BCUT2D eigenvalue weighted by Gasteiger charge is -1.84. The molecule has 0 unspecified atom stereocenters. The van der Waals surface area contributed by atoms with Crippen LogP contribution in [0.4, 0.5) is 0 Å². The van der Waals surface area contributed by atoms with Crippen LogP contribution in [0.3, 0.4) is 0 Å². The van der Waals surface area contributed by atoms with E-state index in [4.69, 9.17) is 0 Å². The molecule has 0 fully saturated rings. The van der Waals surface area contributed by atoms with Gasteiger partial charge in [-0.15, -0.1) is 0 Å². The SMILES string of the molecule is CCCc1nsc(SC)n1. The van der Waals surface area contributed by atoms with Crippen molar-refractivity contribution < 1.29 is 0 Å². The van der Waals surface area contributed by atoms with Crippen LogP contribution in [-0.2, 0) is 6.42 Å². The van der Waals surface area contributed by atoms with Crippen molar-refractivity contribution in [3.8, 4) is 0 Å². The number of hydrogen-bond donors (Lipinski definition) is 0. The van der Waals surface area contributed by atoms with Gasteiger partial charge in [0.2, 0.25) is 0 Å². The first-order valence-electron chi connectivity index (χ1n) is 3.23. The Labute approximate surface area is 69.2 Å². The van der Waals surface area contributed by atoms with Crippen molar-refractivity contribution in [3.05, 3.63) is 5.82 Å². The zero-order chi connectivity index (χ0) is 7.40. The van der Waals surface area contributed by atoms with Gasteiger partial charge >= 0.3 is 0 Å². The van der Waals surface area contributed by atoms with Crippen LogP contribution in [0.15, 0.2) is 4.34 Å². The Morgan fingerprint density at radius 2 is 2.40 bits per heavy atom. The molecule has 0 atom stereocenters. The van der Waals surface area contributed by atoms with E-state index in [1.165, 1.54) is 11.5 Å². The lowest BCUT2D eigenvalue weighted by Crippen LogP contribution is -1.84. The molecule has 1 rings (SSSR count). The molecule has 2 nitrogen and oxygen atoms in total. The van der Waals surface area contributed by atoms with Gasteiger partial charge in [0, 0.05) is 6.42 Å². The Morgan fingerprint density at radius 1 is 1.60 bits per heavy atom. The van der Waals surface area contributed by atoms with Gasteiger partial charge in [0.05, 0.1) is 0 Å². The Balaban J connectivity index is 2.59. The van der Waals surface area contributed by atoms with Gasteiger partial charge in [-0.3, -0.25) is 0 Å². The molecule has 0 spiro atoms. The molecule has 0 aliphatic heterocycles. The third kappa shape index (κ3) is 1.95. The van der Waals surface area contributed by atoms with Crippen molar-refractivity contribution in [3.63, 3.8) is 0 Å². The first kappa shape index (κ1) is 8.01. The topological polar surface area (TPSA) is 25.8 Å². The highest BCUT2D eigenvalue weighted by Gasteiger charge is 1.99. The molecule has 0 aromatic carbocycles. The maximum Gasteiger partial charge on any atom is 0.169 e. The minimum absolute atomic E-state index is 0.997. The highest BCUT2D eigenvalue weighted by molar-refractivity contribution is 8.00. The Morgan fingerprint density at radius 3 is 2.90 bits per heavy atom. The van der Waals surface area contributed by atoms with Crippen LogP contribution in [0.2, 0.25) is 0 Å². The highest BCUT2D eigenvalue weighted by Crippen LogP contribution is 2.16. The summed E-state index contributed by atoms with van der Waals surface area (Å²) in [5.41, 5.74) is 0. The van der Waals surface area contributed by atoms with Crippen molar-refractivity contribution in [1.82, 2.24) is 9.36 Å². The van der Waals surface area contributed by atoms with Gasteiger partial charge in [0.1, 0.15) is 5.82 Å². The molecule has 10 heavy (non-hydrogen) atoms. The van der Waals surface area contributed by atoms with E-state index in [0.29, 0.717) is 0 Å². The second-order valence-electron chi connectivity index (χ2n) is 1.93. The summed E-state index contributed by atoms with van der Waals surface area (Å²) in [4.78, 5) is 4.29. The summed E-state index contributed by atoms with van der Waals surface area (Å²) in [6, 6.07) is 0. The maximum atomic E-state index is 4.29. The molecule has 0 N–H and O–H groups in total. The van der Waals surface area contributed by atoms with Gasteiger partial charge in [-0.1, -0.05) is 18.7 Å². The van der Waals surface area contributed by atoms with E-state index < -0.39 is 0 Å². The van der Waals surface area contributed by atoms with Crippen molar-refractivity contribution >= 4 is 23.3 Å². The van der Waals surface area contributed by atoms with E-state index in [-0.39, 0.29) is 0 Å². The molecule has 0 amide bonds. The lowest BCUT2D eigenvalue weighted by molar-refractivity contribution is 0.851. The van der Waals surface area contributed by atoms with Crippen LogP contribution in [0.5, 0.6) is 0 Å². The number of aromatic nitrogens is 2. The molecular weight excluding hydrogens is 164 g/mol. The molecule has 0 aliphatic carbocycles. The summed E-state index contributed by atoms with van der Waals surface area (Å²) in [6.07, 6.45) is 4.16. The van der Waals surface area contributed by atoms with Gasteiger partial charge in [-0.2, -0.15) is 4.37 Å². The normalized spacial score (nSPS) is 10.2. The average molecular weight is 174 g/mol. The fourth-order valence-corrected chi connectivity index (χ4v) is 1.71. The zero-order valence-corrected chi connectivity index (χ0v) is 7.76. The molecule has 0 radical (unpaired) electrons. The van der Waals surface area contributed by atoms with Crippen molar-refractivity contribution in [2.24, 2.45) is 0 Å². The summed E-state index contributed by atoms with van der Waals surface area (Å²) >= 11 is 3.15. The van der Waals surface area contributed by atoms with Crippen LogP contribution >= 0.6 is 23.3 Å². The largest absolute Gasteiger partial charge is 0.213 e. The Bertz CT molecular complexity index is 197. The lowest BCUT2D eigenvalue weighted by atomic mass is 10.3. The van der Waals surface area contributed by atoms with Gasteiger partial charge in [-0.25, -0.2) is 4.98 Å². The maximum absolute atomic E-state index is 4.29. The predicted octanol–water partition coefficient (Wildman–Crippen LogP) is 2.21. The quantitative estimate of drug-likeness (QED) is 0.657. The number of rotatable bonds is 3. The minimum atomic E-state index is 0.997. The van der Waals surface area contributed by atoms with Crippen molar-refractivity contribution in [1.29, 1.82) is 0 Å². The second-order valence-corrected chi connectivity index (χ2v) is 3.74. The van der Waals surface area contributed by atoms with E-state index >= 15 is 0 Å². The van der Waals surface area contributed by atoms with Crippen LogP contribution < -0.4 is 0 Å². The molecule has 4 heteroatoms. The first-order chi connectivity index (χ1) is 4.86. The van der Waals surface area contributed by atoms with E-state index in [1.54, 1.807) is 11.8 Å². The van der Waals surface area contributed by atoms with Crippen molar-refractivity contribution in [2.75, 3.05) is 6.26 Å². The monoisotopic (exact) mass is 174 g/mol. The van der Waals surface area contributed by atoms with Gasteiger partial charge in [0.25, 0.3) is 0 Å². The fourth-order valence-electron chi connectivity index (χ4n) is 0.646. The van der Waals surface area contributed by atoms with E-state index in [1.807, 2.05) is 6.26 Å². The van der Waals surface area contributed by atoms with Crippen LogP contribution in [0, 0.1) is 0 Å². The first-order valence-corrected chi connectivity index (χ1v) is 5.23. The second kappa shape index (κ2) is 3.93. The number of nitrogens with zero attached hydrogens (tertiary/aromatic N) is 2. The molecule has 0 saturated heterocycles. The summed E-state index contributed by atoms with van der Waals surface area (Å²) in [5.74, 6) is 0.997. The molecule has 1 heterocycles. The Kier molecular flexibility index (Phi) is 3.15. The molecule has 0 aliphatic rings. The predicted molar refractivity (Wildman–Crippen MR) is 45.7 cm³/mol. The van der Waals surface area contributed by atoms with Gasteiger partial charge < -0.3 is 0 Å². The highest BCUT2D eigenvalue weighted by atomic mass is 32.2. The fraction of sp³-hybridized carbons (Fsp3) is 0.667. The third-order valence-corrected chi connectivity index (χ3v) is 2.81. The summed E-state index contributed by atoms with van der Waals surface area (Å²) in [5, 5.41) is 0. The van der Waals surface area contributed by atoms with E-state index in [0.717, 1.165) is 23.0 Å². The zero-order valence-electron chi connectivity index (χ0n) is 6.13. The number of hydrogen-bond acceptors (Lipinski definition) is 4. The molecule has 56 valence electrons. The Hall–Kier alpha value is -0.0900. The minimum Gasteiger partial charge on any atom is -0.213 e. The van der Waals surface area contributed by atoms with Crippen LogP contribution in [-0.4, -0.2) is 15.6 Å².